The number of carbonyl (C=O) groups excluding carboxylic acids is 1. The molecule has 0 aliphatic rings. The van der Waals surface area contributed by atoms with Crippen LogP contribution in [0.3, 0.4) is 0 Å². The second-order valence-corrected chi connectivity index (χ2v) is 8.74. The van der Waals surface area contributed by atoms with Crippen LogP contribution in [0.4, 0.5) is 5.69 Å². The second-order valence-electron chi connectivity index (χ2n) is 7.43. The average Bonchev–Trinajstić information content (AvgIpc) is 3.24. The number of rotatable bonds is 8. The summed E-state index contributed by atoms with van der Waals surface area (Å²) >= 11 is 1.35. The Morgan fingerprint density at radius 1 is 1.12 bits per heavy atom. The Bertz CT molecular complexity index is 1230. The Labute approximate surface area is 197 Å². The van der Waals surface area contributed by atoms with E-state index in [1.165, 1.54) is 11.8 Å². The Balaban J connectivity index is 1.63. The van der Waals surface area contributed by atoms with Gasteiger partial charge in [0, 0.05) is 29.3 Å². The molecule has 1 unspecified atom stereocenters. The Morgan fingerprint density at radius 3 is 2.64 bits per heavy atom. The highest BCUT2D eigenvalue weighted by atomic mass is 32.2. The molecule has 0 saturated carbocycles. The molecule has 8 heteroatoms. The van der Waals surface area contributed by atoms with Gasteiger partial charge in [-0.05, 0) is 74.9 Å². The van der Waals surface area contributed by atoms with Gasteiger partial charge in [0.05, 0.1) is 11.9 Å². The maximum atomic E-state index is 12.9. The minimum absolute atomic E-state index is 0.102. The van der Waals surface area contributed by atoms with E-state index in [0.717, 1.165) is 28.3 Å². The number of amides is 1. The molecule has 4 rings (SSSR count). The third kappa shape index (κ3) is 5.40. The van der Waals surface area contributed by atoms with Crippen molar-refractivity contribution in [1.82, 2.24) is 19.7 Å². The quantitative estimate of drug-likeness (QED) is 0.367. The first-order valence-electron chi connectivity index (χ1n) is 10.7. The number of pyridine rings is 1. The highest BCUT2D eigenvalue weighted by Crippen LogP contribution is 2.31. The lowest BCUT2D eigenvalue weighted by Gasteiger charge is -2.14. The van der Waals surface area contributed by atoms with E-state index >= 15 is 0 Å². The number of anilines is 1. The van der Waals surface area contributed by atoms with Crippen LogP contribution in [0.5, 0.6) is 5.75 Å². The Kier molecular flexibility index (Phi) is 7.04. The SMILES string of the molecule is CCOc1ccc(-n2c(SC(C)C(=O)Nc3cccc(C)c3)nnc2-c2cccnc2)cc1. The zero-order valence-corrected chi connectivity index (χ0v) is 19.5. The van der Waals surface area contributed by atoms with Crippen molar-refractivity contribution < 1.29 is 9.53 Å². The predicted molar refractivity (Wildman–Crippen MR) is 131 cm³/mol. The van der Waals surface area contributed by atoms with Gasteiger partial charge in [0.15, 0.2) is 11.0 Å². The number of thioether (sulfide) groups is 1. The molecular weight excluding hydrogens is 434 g/mol. The molecule has 0 spiro atoms. The van der Waals surface area contributed by atoms with Crippen molar-refractivity contribution in [2.24, 2.45) is 0 Å². The van der Waals surface area contributed by atoms with E-state index in [1.807, 2.05) is 86.0 Å². The number of aromatic nitrogens is 4. The fourth-order valence-electron chi connectivity index (χ4n) is 3.30. The number of carbonyl (C=O) groups is 1. The van der Waals surface area contributed by atoms with Gasteiger partial charge in [0.1, 0.15) is 5.75 Å². The van der Waals surface area contributed by atoms with Crippen molar-refractivity contribution in [3.8, 4) is 22.8 Å². The van der Waals surface area contributed by atoms with Gasteiger partial charge in [-0.25, -0.2) is 0 Å². The molecule has 4 aromatic rings. The molecule has 0 radical (unpaired) electrons. The van der Waals surface area contributed by atoms with Crippen molar-refractivity contribution in [1.29, 1.82) is 0 Å². The van der Waals surface area contributed by atoms with Crippen molar-refractivity contribution in [3.63, 3.8) is 0 Å². The third-order valence-electron chi connectivity index (χ3n) is 4.90. The van der Waals surface area contributed by atoms with Crippen LogP contribution in [0.15, 0.2) is 78.2 Å². The summed E-state index contributed by atoms with van der Waals surface area (Å²) in [7, 11) is 0. The van der Waals surface area contributed by atoms with E-state index < -0.39 is 5.25 Å². The summed E-state index contributed by atoms with van der Waals surface area (Å²) in [5, 5.41) is 12.0. The summed E-state index contributed by atoms with van der Waals surface area (Å²) in [6.07, 6.45) is 3.46. The van der Waals surface area contributed by atoms with Crippen LogP contribution in [-0.4, -0.2) is 37.5 Å². The van der Waals surface area contributed by atoms with Crippen molar-refractivity contribution in [2.75, 3.05) is 11.9 Å². The van der Waals surface area contributed by atoms with E-state index in [-0.39, 0.29) is 5.91 Å². The molecule has 168 valence electrons. The summed E-state index contributed by atoms with van der Waals surface area (Å²) in [5.74, 6) is 1.34. The van der Waals surface area contributed by atoms with Gasteiger partial charge in [0.2, 0.25) is 5.91 Å². The van der Waals surface area contributed by atoms with Gasteiger partial charge in [-0.2, -0.15) is 0 Å². The van der Waals surface area contributed by atoms with Crippen LogP contribution in [0, 0.1) is 6.92 Å². The zero-order valence-electron chi connectivity index (χ0n) is 18.7. The summed E-state index contributed by atoms with van der Waals surface area (Å²) in [4.78, 5) is 17.1. The van der Waals surface area contributed by atoms with Crippen LogP contribution < -0.4 is 10.1 Å². The van der Waals surface area contributed by atoms with Crippen LogP contribution >= 0.6 is 11.8 Å². The smallest absolute Gasteiger partial charge is 0.237 e. The van der Waals surface area contributed by atoms with Crippen LogP contribution in [-0.2, 0) is 4.79 Å². The van der Waals surface area contributed by atoms with E-state index in [2.05, 4.69) is 20.5 Å². The van der Waals surface area contributed by atoms with Gasteiger partial charge < -0.3 is 10.1 Å². The molecule has 1 amide bonds. The first-order valence-corrected chi connectivity index (χ1v) is 11.6. The average molecular weight is 460 g/mol. The summed E-state index contributed by atoms with van der Waals surface area (Å²) in [6.45, 7) is 6.40. The van der Waals surface area contributed by atoms with E-state index in [0.29, 0.717) is 17.6 Å². The first kappa shape index (κ1) is 22.5. The number of nitrogens with zero attached hydrogens (tertiary/aromatic N) is 4. The third-order valence-corrected chi connectivity index (χ3v) is 5.94. The predicted octanol–water partition coefficient (Wildman–Crippen LogP) is 5.16. The van der Waals surface area contributed by atoms with Crippen molar-refractivity contribution in [3.05, 3.63) is 78.6 Å². The van der Waals surface area contributed by atoms with Crippen LogP contribution in [0.2, 0.25) is 0 Å². The van der Waals surface area contributed by atoms with E-state index in [1.54, 1.807) is 12.4 Å². The minimum Gasteiger partial charge on any atom is -0.494 e. The molecule has 0 fully saturated rings. The molecule has 0 aliphatic heterocycles. The van der Waals surface area contributed by atoms with Crippen LogP contribution in [0.25, 0.3) is 17.1 Å². The highest BCUT2D eigenvalue weighted by Gasteiger charge is 2.22. The first-order chi connectivity index (χ1) is 16.0. The van der Waals surface area contributed by atoms with Gasteiger partial charge in [0.25, 0.3) is 0 Å². The molecule has 0 bridgehead atoms. The molecule has 0 saturated heterocycles. The lowest BCUT2D eigenvalue weighted by Crippen LogP contribution is -2.23. The van der Waals surface area contributed by atoms with Gasteiger partial charge in [-0.3, -0.25) is 14.3 Å². The van der Waals surface area contributed by atoms with Gasteiger partial charge in [-0.15, -0.1) is 10.2 Å². The maximum absolute atomic E-state index is 12.9. The second kappa shape index (κ2) is 10.3. The fraction of sp³-hybridized carbons (Fsp3) is 0.200. The van der Waals surface area contributed by atoms with Gasteiger partial charge >= 0.3 is 0 Å². The molecule has 1 N–H and O–H groups in total. The van der Waals surface area contributed by atoms with E-state index in [9.17, 15) is 4.79 Å². The number of hydrogen-bond donors (Lipinski definition) is 1. The Morgan fingerprint density at radius 2 is 1.94 bits per heavy atom. The lowest BCUT2D eigenvalue weighted by atomic mass is 10.2. The summed E-state index contributed by atoms with van der Waals surface area (Å²) in [6, 6.07) is 19.3. The van der Waals surface area contributed by atoms with Crippen molar-refractivity contribution in [2.45, 2.75) is 31.2 Å². The largest absolute Gasteiger partial charge is 0.494 e. The molecule has 1 atom stereocenters. The molecule has 2 heterocycles. The number of ether oxygens (including phenoxy) is 1. The van der Waals surface area contributed by atoms with Gasteiger partial charge in [-0.1, -0.05) is 23.9 Å². The van der Waals surface area contributed by atoms with Crippen molar-refractivity contribution >= 4 is 23.4 Å². The fourth-order valence-corrected chi connectivity index (χ4v) is 4.16. The molecule has 33 heavy (non-hydrogen) atoms. The lowest BCUT2D eigenvalue weighted by molar-refractivity contribution is -0.115. The summed E-state index contributed by atoms with van der Waals surface area (Å²) in [5.41, 5.74) is 3.57. The minimum atomic E-state index is -0.391. The normalized spacial score (nSPS) is 11.7. The maximum Gasteiger partial charge on any atom is 0.237 e. The highest BCUT2D eigenvalue weighted by molar-refractivity contribution is 8.00. The number of benzene rings is 2. The number of aryl methyl sites for hydroxylation is 1. The summed E-state index contributed by atoms with van der Waals surface area (Å²) < 4.78 is 7.51. The van der Waals surface area contributed by atoms with Crippen LogP contribution in [0.1, 0.15) is 19.4 Å². The molecule has 2 aromatic heterocycles. The Hall–Kier alpha value is -3.65. The monoisotopic (exact) mass is 459 g/mol. The number of hydrogen-bond acceptors (Lipinski definition) is 6. The zero-order chi connectivity index (χ0) is 23.2. The molecule has 0 aliphatic carbocycles. The standard InChI is InChI=1S/C25H25N5O2S/c1-4-32-22-12-10-21(11-13-22)30-23(19-8-6-14-26-16-19)28-29-25(30)33-18(3)24(31)27-20-9-5-7-17(2)15-20/h5-16,18H,4H2,1-3H3,(H,27,31). The molecular formula is C25H25N5O2S. The molecule has 2 aromatic carbocycles. The van der Waals surface area contributed by atoms with E-state index in [4.69, 9.17) is 4.74 Å². The number of nitrogens with one attached hydrogen (secondary N) is 1. The molecule has 7 nitrogen and oxygen atoms in total. The topological polar surface area (TPSA) is 81.9 Å².